The number of methoxy groups -OCH3 is 1. The van der Waals surface area contributed by atoms with E-state index in [9.17, 15) is 4.79 Å². The molecule has 0 spiro atoms. The Bertz CT molecular complexity index is 1080. The van der Waals surface area contributed by atoms with Gasteiger partial charge in [0.25, 0.3) is 5.91 Å². The number of ether oxygens (including phenoxy) is 1. The number of nitrogens with one attached hydrogen (secondary N) is 1. The van der Waals surface area contributed by atoms with Crippen LogP contribution in [0.25, 0.3) is 21.6 Å². The van der Waals surface area contributed by atoms with E-state index in [0.29, 0.717) is 17.3 Å². The largest absolute Gasteiger partial charge is 0.481 e. The third-order valence-corrected chi connectivity index (χ3v) is 4.98. The highest BCUT2D eigenvalue weighted by Crippen LogP contribution is 2.29. The minimum atomic E-state index is -0.266. The second kappa shape index (κ2) is 6.61. The number of pyridine rings is 1. The highest BCUT2D eigenvalue weighted by molar-refractivity contribution is 7.13. The van der Waals surface area contributed by atoms with Crippen LogP contribution in [0.5, 0.6) is 5.88 Å². The van der Waals surface area contributed by atoms with E-state index in [1.807, 2.05) is 19.2 Å². The normalized spacial score (nSPS) is 10.8. The van der Waals surface area contributed by atoms with Gasteiger partial charge in [-0.3, -0.25) is 4.79 Å². The number of anilines is 1. The van der Waals surface area contributed by atoms with Crippen molar-refractivity contribution in [2.75, 3.05) is 12.4 Å². The van der Waals surface area contributed by atoms with Gasteiger partial charge in [0.05, 0.1) is 24.7 Å². The van der Waals surface area contributed by atoms with E-state index in [1.165, 1.54) is 11.3 Å². The molecule has 7 heteroatoms. The van der Waals surface area contributed by atoms with Gasteiger partial charge in [-0.15, -0.1) is 11.3 Å². The van der Waals surface area contributed by atoms with Crippen molar-refractivity contribution in [3.8, 4) is 16.6 Å². The molecule has 0 aliphatic carbocycles. The molecule has 1 amide bonds. The Kier molecular flexibility index (Phi) is 4.14. The monoisotopic (exact) mass is 364 g/mol. The maximum atomic E-state index is 12.4. The molecule has 0 radical (unpaired) electrons. The van der Waals surface area contributed by atoms with Gasteiger partial charge in [-0.05, 0) is 18.2 Å². The van der Waals surface area contributed by atoms with Crippen molar-refractivity contribution >= 4 is 33.8 Å². The summed E-state index contributed by atoms with van der Waals surface area (Å²) >= 11 is 1.45. The van der Waals surface area contributed by atoms with Gasteiger partial charge >= 0.3 is 0 Å². The molecule has 0 atom stereocenters. The molecule has 3 heterocycles. The van der Waals surface area contributed by atoms with Gasteiger partial charge in [0.15, 0.2) is 0 Å². The van der Waals surface area contributed by atoms with E-state index in [2.05, 4.69) is 38.1 Å². The first-order valence-electron chi connectivity index (χ1n) is 7.97. The predicted octanol–water partition coefficient (Wildman–Crippen LogP) is 3.96. The van der Waals surface area contributed by atoms with Crippen LogP contribution in [0.4, 0.5) is 5.69 Å². The lowest BCUT2D eigenvalue weighted by Crippen LogP contribution is -2.12. The maximum absolute atomic E-state index is 12.4. The van der Waals surface area contributed by atoms with E-state index in [1.54, 1.807) is 30.8 Å². The van der Waals surface area contributed by atoms with Gasteiger partial charge in [-0.2, -0.15) is 0 Å². The second-order valence-electron chi connectivity index (χ2n) is 5.73. The zero-order valence-corrected chi connectivity index (χ0v) is 15.1. The molecule has 0 saturated heterocycles. The van der Waals surface area contributed by atoms with Crippen molar-refractivity contribution in [2.24, 2.45) is 7.05 Å². The van der Waals surface area contributed by atoms with Crippen LogP contribution in [0.15, 0.2) is 54.0 Å². The first-order chi connectivity index (χ1) is 12.7. The summed E-state index contributed by atoms with van der Waals surface area (Å²) in [6.45, 7) is 0. The number of carbonyl (C=O) groups excluding carboxylic acids is 1. The molecule has 6 nitrogen and oxygen atoms in total. The van der Waals surface area contributed by atoms with Crippen LogP contribution < -0.4 is 10.1 Å². The fourth-order valence-electron chi connectivity index (χ4n) is 2.76. The van der Waals surface area contributed by atoms with Crippen LogP contribution in [-0.4, -0.2) is 27.6 Å². The summed E-state index contributed by atoms with van der Waals surface area (Å²) in [7, 11) is 3.55. The molecule has 1 aromatic carbocycles. The first-order valence-corrected chi connectivity index (χ1v) is 8.85. The maximum Gasteiger partial charge on any atom is 0.275 e. The topological polar surface area (TPSA) is 69.0 Å². The quantitative estimate of drug-likeness (QED) is 0.595. The number of aryl methyl sites for hydroxylation is 1. The summed E-state index contributed by atoms with van der Waals surface area (Å²) in [5.74, 6) is 0.230. The molecule has 0 unspecified atom stereocenters. The Balaban J connectivity index is 1.58. The predicted molar refractivity (Wildman–Crippen MR) is 103 cm³/mol. The van der Waals surface area contributed by atoms with Crippen LogP contribution >= 0.6 is 11.3 Å². The third-order valence-electron chi connectivity index (χ3n) is 4.11. The summed E-state index contributed by atoms with van der Waals surface area (Å²) in [4.78, 5) is 21.0. The number of fused-ring (bicyclic) bond motifs is 1. The Morgan fingerprint density at radius 1 is 1.23 bits per heavy atom. The van der Waals surface area contributed by atoms with Gasteiger partial charge in [0, 0.05) is 29.4 Å². The Morgan fingerprint density at radius 3 is 2.81 bits per heavy atom. The van der Waals surface area contributed by atoms with E-state index in [0.717, 1.165) is 21.6 Å². The van der Waals surface area contributed by atoms with Crippen molar-refractivity contribution in [3.05, 3.63) is 59.7 Å². The van der Waals surface area contributed by atoms with Crippen LogP contribution in [0, 0.1) is 0 Å². The molecule has 0 saturated carbocycles. The molecule has 0 aliphatic rings. The molecular weight excluding hydrogens is 348 g/mol. The van der Waals surface area contributed by atoms with Gasteiger partial charge in [0.1, 0.15) is 10.7 Å². The smallest absolute Gasteiger partial charge is 0.275 e. The number of benzene rings is 1. The average Bonchev–Trinajstić information content (AvgIpc) is 3.28. The standard InChI is InChI=1S/C19H16N4O2S/c1-23-15-6-4-3-5-12(15)9-16(23)19-22-14(11-26-19)18(24)21-13-7-8-17(25-2)20-10-13/h3-11H,1-2H3,(H,21,24). The molecule has 0 fully saturated rings. The molecule has 0 aliphatic heterocycles. The van der Waals surface area contributed by atoms with Crippen molar-refractivity contribution in [2.45, 2.75) is 0 Å². The number of rotatable bonds is 4. The molecule has 4 aromatic rings. The molecule has 26 heavy (non-hydrogen) atoms. The summed E-state index contributed by atoms with van der Waals surface area (Å²) in [5, 5.41) is 6.51. The summed E-state index contributed by atoms with van der Waals surface area (Å²) in [6.07, 6.45) is 1.55. The number of aromatic nitrogens is 3. The highest BCUT2D eigenvalue weighted by atomic mass is 32.1. The van der Waals surface area contributed by atoms with Gasteiger partial charge < -0.3 is 14.6 Å². The number of para-hydroxylation sites is 1. The van der Waals surface area contributed by atoms with Gasteiger partial charge in [-0.25, -0.2) is 9.97 Å². The summed E-state index contributed by atoms with van der Waals surface area (Å²) < 4.78 is 7.10. The molecular formula is C19H16N4O2S. The summed E-state index contributed by atoms with van der Waals surface area (Å²) in [6, 6.07) is 13.7. The Morgan fingerprint density at radius 2 is 2.08 bits per heavy atom. The molecule has 130 valence electrons. The van der Waals surface area contributed by atoms with Crippen LogP contribution in [-0.2, 0) is 7.05 Å². The van der Waals surface area contributed by atoms with Gasteiger partial charge in [-0.1, -0.05) is 18.2 Å². The van der Waals surface area contributed by atoms with Crippen molar-refractivity contribution < 1.29 is 9.53 Å². The van der Waals surface area contributed by atoms with Gasteiger partial charge in [0.2, 0.25) is 5.88 Å². The second-order valence-corrected chi connectivity index (χ2v) is 6.59. The minimum absolute atomic E-state index is 0.266. The fourth-order valence-corrected chi connectivity index (χ4v) is 3.61. The van der Waals surface area contributed by atoms with E-state index in [4.69, 9.17) is 4.74 Å². The lowest BCUT2D eigenvalue weighted by Gasteiger charge is -2.04. The zero-order valence-electron chi connectivity index (χ0n) is 14.3. The lowest BCUT2D eigenvalue weighted by atomic mass is 10.2. The average molecular weight is 364 g/mol. The highest BCUT2D eigenvalue weighted by Gasteiger charge is 2.15. The molecule has 0 bridgehead atoms. The third kappa shape index (κ3) is 2.93. The Labute approximate surface area is 154 Å². The first kappa shape index (κ1) is 16.3. The van der Waals surface area contributed by atoms with Crippen LogP contribution in [0.2, 0.25) is 0 Å². The van der Waals surface area contributed by atoms with Crippen molar-refractivity contribution in [1.29, 1.82) is 0 Å². The number of hydrogen-bond acceptors (Lipinski definition) is 5. The number of carbonyl (C=O) groups is 1. The van der Waals surface area contributed by atoms with Crippen molar-refractivity contribution in [1.82, 2.24) is 14.5 Å². The zero-order chi connectivity index (χ0) is 18.1. The van der Waals surface area contributed by atoms with Crippen LogP contribution in [0.1, 0.15) is 10.5 Å². The van der Waals surface area contributed by atoms with E-state index >= 15 is 0 Å². The number of amides is 1. The Hall–Kier alpha value is -3.19. The minimum Gasteiger partial charge on any atom is -0.481 e. The fraction of sp³-hybridized carbons (Fsp3) is 0.105. The molecule has 1 N–H and O–H groups in total. The molecule has 3 aromatic heterocycles. The number of hydrogen-bond donors (Lipinski definition) is 1. The van der Waals surface area contributed by atoms with Crippen molar-refractivity contribution in [3.63, 3.8) is 0 Å². The lowest BCUT2D eigenvalue weighted by molar-refractivity contribution is 0.102. The number of nitrogens with zero attached hydrogens (tertiary/aromatic N) is 3. The van der Waals surface area contributed by atoms with Crippen LogP contribution in [0.3, 0.4) is 0 Å². The number of thiazole rings is 1. The van der Waals surface area contributed by atoms with E-state index in [-0.39, 0.29) is 5.91 Å². The molecule has 4 rings (SSSR count). The van der Waals surface area contributed by atoms with E-state index < -0.39 is 0 Å². The summed E-state index contributed by atoms with van der Waals surface area (Å²) in [5.41, 5.74) is 3.09. The SMILES string of the molecule is COc1ccc(NC(=O)c2csc(-c3cc4ccccc4n3C)n2)cn1.